The van der Waals surface area contributed by atoms with Crippen molar-refractivity contribution in [1.29, 1.82) is 5.26 Å². The van der Waals surface area contributed by atoms with Gasteiger partial charge in [-0.3, -0.25) is 0 Å². The van der Waals surface area contributed by atoms with Gasteiger partial charge in [-0.25, -0.2) is 0 Å². The molecule has 0 aliphatic carbocycles. The summed E-state index contributed by atoms with van der Waals surface area (Å²) in [5.41, 5.74) is 0.875. The summed E-state index contributed by atoms with van der Waals surface area (Å²) in [6.45, 7) is 1.96. The molecule has 2 rings (SSSR count). The first-order chi connectivity index (χ1) is 7.18. The second kappa shape index (κ2) is 3.56. The molecule has 0 spiro atoms. The van der Waals surface area contributed by atoms with Crippen molar-refractivity contribution < 1.29 is 9.47 Å². The van der Waals surface area contributed by atoms with Gasteiger partial charge in [0.15, 0.2) is 6.10 Å². The molecule has 78 valence electrons. The van der Waals surface area contributed by atoms with E-state index in [4.69, 9.17) is 14.7 Å². The van der Waals surface area contributed by atoms with Gasteiger partial charge in [-0.15, -0.1) is 0 Å². The largest absolute Gasteiger partial charge is 0.497 e. The van der Waals surface area contributed by atoms with Crippen molar-refractivity contribution in [1.82, 2.24) is 0 Å². The highest BCUT2D eigenvalue weighted by atomic mass is 16.6. The Kier molecular flexibility index (Phi) is 2.37. The van der Waals surface area contributed by atoms with E-state index in [9.17, 15) is 0 Å². The molecule has 2 atom stereocenters. The third-order valence-electron chi connectivity index (χ3n) is 2.72. The van der Waals surface area contributed by atoms with E-state index in [-0.39, 0.29) is 11.7 Å². The van der Waals surface area contributed by atoms with Gasteiger partial charge >= 0.3 is 0 Å². The predicted octanol–water partition coefficient (Wildman–Crippen LogP) is 1.92. The quantitative estimate of drug-likeness (QED) is 0.705. The Hall–Kier alpha value is -1.53. The molecule has 1 fully saturated rings. The summed E-state index contributed by atoms with van der Waals surface area (Å²) in [6, 6.07) is 9.96. The first kappa shape index (κ1) is 10.0. The average molecular weight is 203 g/mol. The summed E-state index contributed by atoms with van der Waals surface area (Å²) in [4.78, 5) is 0. The van der Waals surface area contributed by atoms with Crippen LogP contribution in [0.5, 0.6) is 5.75 Å². The number of nitrogens with zero attached hydrogens (tertiary/aromatic N) is 1. The Morgan fingerprint density at radius 2 is 2.13 bits per heavy atom. The number of rotatable bonds is 3. The van der Waals surface area contributed by atoms with Gasteiger partial charge in [0.1, 0.15) is 11.4 Å². The van der Waals surface area contributed by atoms with Crippen molar-refractivity contribution in [2.45, 2.75) is 25.0 Å². The molecule has 0 aromatic heterocycles. The van der Waals surface area contributed by atoms with Gasteiger partial charge in [0.25, 0.3) is 0 Å². The van der Waals surface area contributed by atoms with Crippen molar-refractivity contribution in [2.75, 3.05) is 7.11 Å². The Morgan fingerprint density at radius 1 is 1.47 bits per heavy atom. The molecule has 1 aromatic carbocycles. The van der Waals surface area contributed by atoms with Crippen LogP contribution < -0.4 is 4.74 Å². The van der Waals surface area contributed by atoms with E-state index >= 15 is 0 Å². The predicted molar refractivity (Wildman–Crippen MR) is 55.6 cm³/mol. The Morgan fingerprint density at radius 3 is 2.60 bits per heavy atom. The van der Waals surface area contributed by atoms with Gasteiger partial charge in [-0.05, 0) is 24.6 Å². The maximum atomic E-state index is 8.71. The SMILES string of the molecule is COc1ccc(CC2(C)OC2C#N)cc1. The van der Waals surface area contributed by atoms with Gasteiger partial charge < -0.3 is 9.47 Å². The molecule has 0 N–H and O–H groups in total. The third kappa shape index (κ3) is 1.95. The maximum Gasteiger partial charge on any atom is 0.173 e. The molecule has 1 aliphatic rings. The highest BCUT2D eigenvalue weighted by Gasteiger charge is 2.52. The summed E-state index contributed by atoms with van der Waals surface area (Å²) >= 11 is 0. The zero-order valence-corrected chi connectivity index (χ0v) is 8.86. The number of benzene rings is 1. The van der Waals surface area contributed by atoms with E-state index in [1.54, 1.807) is 7.11 Å². The molecule has 0 saturated carbocycles. The maximum absolute atomic E-state index is 8.71. The lowest BCUT2D eigenvalue weighted by molar-refractivity contribution is 0.315. The first-order valence-electron chi connectivity index (χ1n) is 4.88. The van der Waals surface area contributed by atoms with Crippen molar-refractivity contribution in [2.24, 2.45) is 0 Å². The molecule has 1 saturated heterocycles. The van der Waals surface area contributed by atoms with Crippen LogP contribution in [0.4, 0.5) is 0 Å². The van der Waals surface area contributed by atoms with Crippen LogP contribution >= 0.6 is 0 Å². The molecule has 15 heavy (non-hydrogen) atoms. The molecular formula is C12H13NO2. The molecular weight excluding hydrogens is 190 g/mol. The van der Waals surface area contributed by atoms with E-state index in [0.717, 1.165) is 17.7 Å². The number of ether oxygens (including phenoxy) is 2. The summed E-state index contributed by atoms with van der Waals surface area (Å²) in [5, 5.41) is 8.71. The zero-order chi connectivity index (χ0) is 10.9. The van der Waals surface area contributed by atoms with E-state index in [1.165, 1.54) is 0 Å². The van der Waals surface area contributed by atoms with Crippen LogP contribution in [0.1, 0.15) is 12.5 Å². The van der Waals surface area contributed by atoms with Crippen LogP contribution in [0.25, 0.3) is 0 Å². The third-order valence-corrected chi connectivity index (χ3v) is 2.72. The van der Waals surface area contributed by atoms with Crippen molar-refractivity contribution >= 4 is 0 Å². The van der Waals surface area contributed by atoms with Crippen LogP contribution in [-0.4, -0.2) is 18.8 Å². The molecule has 3 heteroatoms. The lowest BCUT2D eigenvalue weighted by Crippen LogP contribution is -2.12. The van der Waals surface area contributed by atoms with Gasteiger partial charge in [0, 0.05) is 6.42 Å². The molecule has 0 bridgehead atoms. The van der Waals surface area contributed by atoms with Crippen LogP contribution in [0.3, 0.4) is 0 Å². The number of nitriles is 1. The number of hydrogen-bond acceptors (Lipinski definition) is 3. The van der Waals surface area contributed by atoms with E-state index < -0.39 is 0 Å². The van der Waals surface area contributed by atoms with E-state index in [1.807, 2.05) is 31.2 Å². The van der Waals surface area contributed by atoms with Crippen LogP contribution in [0.2, 0.25) is 0 Å². The Balaban J connectivity index is 2.04. The Labute approximate surface area is 89.2 Å². The van der Waals surface area contributed by atoms with Gasteiger partial charge in [0.2, 0.25) is 0 Å². The smallest absolute Gasteiger partial charge is 0.173 e. The minimum atomic E-state index is -0.288. The molecule has 0 radical (unpaired) electrons. The summed E-state index contributed by atoms with van der Waals surface area (Å²) in [7, 11) is 1.64. The molecule has 2 unspecified atom stereocenters. The minimum absolute atomic E-state index is 0.250. The fraction of sp³-hybridized carbons (Fsp3) is 0.417. The molecule has 1 heterocycles. The van der Waals surface area contributed by atoms with Crippen molar-refractivity contribution in [3.8, 4) is 11.8 Å². The fourth-order valence-corrected chi connectivity index (χ4v) is 1.68. The van der Waals surface area contributed by atoms with Crippen LogP contribution in [-0.2, 0) is 11.2 Å². The van der Waals surface area contributed by atoms with E-state index in [2.05, 4.69) is 6.07 Å². The number of methoxy groups -OCH3 is 1. The lowest BCUT2D eigenvalue weighted by Gasteiger charge is -2.06. The number of hydrogen-bond donors (Lipinski definition) is 0. The second-order valence-corrected chi connectivity index (χ2v) is 3.96. The molecule has 1 aromatic rings. The molecule has 0 amide bonds. The highest BCUT2D eigenvalue weighted by Crippen LogP contribution is 2.38. The zero-order valence-electron chi connectivity index (χ0n) is 8.86. The topological polar surface area (TPSA) is 45.5 Å². The second-order valence-electron chi connectivity index (χ2n) is 3.96. The fourth-order valence-electron chi connectivity index (χ4n) is 1.68. The average Bonchev–Trinajstić information content (AvgIpc) is 2.90. The lowest BCUT2D eigenvalue weighted by atomic mass is 9.98. The van der Waals surface area contributed by atoms with Gasteiger partial charge in [-0.2, -0.15) is 5.26 Å². The minimum Gasteiger partial charge on any atom is -0.497 e. The number of epoxide rings is 1. The highest BCUT2D eigenvalue weighted by molar-refractivity contribution is 5.30. The van der Waals surface area contributed by atoms with Crippen LogP contribution in [0, 0.1) is 11.3 Å². The van der Waals surface area contributed by atoms with E-state index in [0.29, 0.717) is 0 Å². The van der Waals surface area contributed by atoms with Gasteiger partial charge in [-0.1, -0.05) is 12.1 Å². The van der Waals surface area contributed by atoms with Crippen LogP contribution in [0.15, 0.2) is 24.3 Å². The normalized spacial score (nSPS) is 28.2. The summed E-state index contributed by atoms with van der Waals surface area (Å²) in [5.74, 6) is 0.845. The summed E-state index contributed by atoms with van der Waals surface area (Å²) < 4.78 is 10.4. The van der Waals surface area contributed by atoms with Gasteiger partial charge in [0.05, 0.1) is 13.2 Å². The molecule has 1 aliphatic heterocycles. The first-order valence-corrected chi connectivity index (χ1v) is 4.88. The molecule has 3 nitrogen and oxygen atoms in total. The monoisotopic (exact) mass is 203 g/mol. The van der Waals surface area contributed by atoms with Crippen molar-refractivity contribution in [3.63, 3.8) is 0 Å². The summed E-state index contributed by atoms with van der Waals surface area (Å²) in [6.07, 6.45) is 0.523. The standard InChI is InChI=1S/C12H13NO2/c1-12(11(8-13)15-12)7-9-3-5-10(14-2)6-4-9/h3-6,11H,7H2,1-2H3. The van der Waals surface area contributed by atoms with Crippen molar-refractivity contribution in [3.05, 3.63) is 29.8 Å². The Bertz CT molecular complexity index is 393.